The molecule has 0 fully saturated rings. The first-order chi connectivity index (χ1) is 11.0. The van der Waals surface area contributed by atoms with E-state index in [9.17, 15) is 9.59 Å². The Morgan fingerprint density at radius 1 is 1.00 bits per heavy atom. The number of para-hydroxylation sites is 1. The Hall–Kier alpha value is -2.95. The van der Waals surface area contributed by atoms with Crippen molar-refractivity contribution < 1.29 is 9.53 Å². The number of fused-ring (bicyclic) bond motifs is 1. The van der Waals surface area contributed by atoms with E-state index in [0.717, 1.165) is 15.8 Å². The van der Waals surface area contributed by atoms with Gasteiger partial charge >= 0.3 is 5.97 Å². The lowest BCUT2D eigenvalue weighted by Gasteiger charge is -2.11. The SMILES string of the molecule is Cc1cccc(C)c1OC(=O)c1nn(C)c(=O)c2ccccc12. The van der Waals surface area contributed by atoms with Gasteiger partial charge in [-0.1, -0.05) is 36.4 Å². The maximum absolute atomic E-state index is 12.6. The van der Waals surface area contributed by atoms with Crippen molar-refractivity contribution in [2.45, 2.75) is 13.8 Å². The van der Waals surface area contributed by atoms with E-state index in [1.54, 1.807) is 24.3 Å². The largest absolute Gasteiger partial charge is 0.421 e. The van der Waals surface area contributed by atoms with Gasteiger partial charge < -0.3 is 4.74 Å². The van der Waals surface area contributed by atoms with E-state index in [-0.39, 0.29) is 11.3 Å². The van der Waals surface area contributed by atoms with E-state index >= 15 is 0 Å². The maximum atomic E-state index is 12.6. The van der Waals surface area contributed by atoms with Gasteiger partial charge in [-0.2, -0.15) is 5.10 Å². The third kappa shape index (κ3) is 2.61. The number of carbonyl (C=O) groups excluding carboxylic acids is 1. The number of ether oxygens (including phenoxy) is 1. The topological polar surface area (TPSA) is 61.2 Å². The maximum Gasteiger partial charge on any atom is 0.364 e. The molecule has 2 aromatic carbocycles. The van der Waals surface area contributed by atoms with Crippen molar-refractivity contribution in [3.63, 3.8) is 0 Å². The summed E-state index contributed by atoms with van der Waals surface area (Å²) >= 11 is 0. The molecule has 1 aromatic heterocycles. The number of carbonyl (C=O) groups is 1. The minimum atomic E-state index is -0.575. The van der Waals surface area contributed by atoms with Gasteiger partial charge in [0.2, 0.25) is 0 Å². The molecule has 0 saturated heterocycles. The number of benzene rings is 2. The van der Waals surface area contributed by atoms with Gasteiger partial charge in [0.1, 0.15) is 5.75 Å². The number of aromatic nitrogens is 2. The fraction of sp³-hybridized carbons (Fsp3) is 0.167. The molecule has 3 aromatic rings. The predicted octanol–water partition coefficient (Wildman–Crippen LogP) is 2.77. The highest BCUT2D eigenvalue weighted by Gasteiger charge is 2.19. The van der Waals surface area contributed by atoms with Crippen LogP contribution in [-0.2, 0) is 7.05 Å². The summed E-state index contributed by atoms with van der Waals surface area (Å²) in [6, 6.07) is 12.6. The molecule has 5 nitrogen and oxygen atoms in total. The summed E-state index contributed by atoms with van der Waals surface area (Å²) in [6.07, 6.45) is 0. The third-order valence-electron chi connectivity index (χ3n) is 3.75. The summed E-state index contributed by atoms with van der Waals surface area (Å²) in [6.45, 7) is 3.75. The molecule has 116 valence electrons. The standard InChI is InChI=1S/C18H16N2O3/c1-11-7-6-8-12(2)16(11)23-18(22)15-13-9-4-5-10-14(13)17(21)20(3)19-15/h4-10H,1-3H3. The number of nitrogens with zero attached hydrogens (tertiary/aromatic N) is 2. The highest BCUT2D eigenvalue weighted by atomic mass is 16.5. The van der Waals surface area contributed by atoms with E-state index < -0.39 is 5.97 Å². The Labute approximate surface area is 133 Å². The van der Waals surface area contributed by atoms with Crippen LogP contribution in [0, 0.1) is 13.8 Å². The van der Waals surface area contributed by atoms with Crippen LogP contribution in [0.4, 0.5) is 0 Å². The second-order valence-electron chi connectivity index (χ2n) is 5.43. The lowest BCUT2D eigenvalue weighted by atomic mass is 10.1. The first kappa shape index (κ1) is 15.0. The van der Waals surface area contributed by atoms with Crippen LogP contribution in [0.5, 0.6) is 5.75 Å². The normalized spacial score (nSPS) is 10.7. The van der Waals surface area contributed by atoms with Gasteiger partial charge in [0.05, 0.1) is 5.39 Å². The second kappa shape index (κ2) is 5.68. The van der Waals surface area contributed by atoms with E-state index in [4.69, 9.17) is 4.74 Å². The Bertz CT molecular complexity index is 953. The lowest BCUT2D eigenvalue weighted by molar-refractivity contribution is 0.0726. The summed E-state index contributed by atoms with van der Waals surface area (Å²) in [4.78, 5) is 24.7. The van der Waals surface area contributed by atoms with Crippen molar-refractivity contribution >= 4 is 16.7 Å². The van der Waals surface area contributed by atoms with Crippen LogP contribution in [0.25, 0.3) is 10.8 Å². The van der Waals surface area contributed by atoms with Crippen LogP contribution in [0.2, 0.25) is 0 Å². The molecule has 23 heavy (non-hydrogen) atoms. The third-order valence-corrected chi connectivity index (χ3v) is 3.75. The quantitative estimate of drug-likeness (QED) is 0.539. The number of rotatable bonds is 2. The Balaban J connectivity index is 2.12. The van der Waals surface area contributed by atoms with Gasteiger partial charge in [0.15, 0.2) is 5.69 Å². The summed E-state index contributed by atoms with van der Waals surface area (Å²) in [5.74, 6) is -0.0496. The van der Waals surface area contributed by atoms with Gasteiger partial charge in [-0.05, 0) is 31.0 Å². The molecule has 1 heterocycles. The fourth-order valence-electron chi connectivity index (χ4n) is 2.55. The van der Waals surface area contributed by atoms with Gasteiger partial charge in [-0.25, -0.2) is 9.48 Å². The van der Waals surface area contributed by atoms with Crippen LogP contribution in [-0.4, -0.2) is 15.7 Å². The molecule has 0 aliphatic rings. The molecule has 0 aliphatic heterocycles. The monoisotopic (exact) mass is 308 g/mol. The molecule has 0 spiro atoms. The molecule has 0 unspecified atom stereocenters. The molecule has 3 rings (SSSR count). The summed E-state index contributed by atoms with van der Waals surface area (Å²) < 4.78 is 6.70. The molecule has 0 radical (unpaired) electrons. The van der Waals surface area contributed by atoms with E-state index in [0.29, 0.717) is 16.5 Å². The zero-order valence-corrected chi connectivity index (χ0v) is 13.2. The zero-order valence-electron chi connectivity index (χ0n) is 13.2. The first-order valence-corrected chi connectivity index (χ1v) is 7.23. The summed E-state index contributed by atoms with van der Waals surface area (Å²) in [5, 5.41) is 5.02. The van der Waals surface area contributed by atoms with Crippen LogP contribution < -0.4 is 10.3 Å². The molecular weight excluding hydrogens is 292 g/mol. The molecule has 0 atom stereocenters. The predicted molar refractivity (Wildman–Crippen MR) is 87.9 cm³/mol. The Morgan fingerprint density at radius 2 is 1.61 bits per heavy atom. The lowest BCUT2D eigenvalue weighted by Crippen LogP contribution is -2.24. The summed E-state index contributed by atoms with van der Waals surface area (Å²) in [7, 11) is 1.52. The van der Waals surface area contributed by atoms with Gasteiger partial charge in [0, 0.05) is 12.4 Å². The van der Waals surface area contributed by atoms with Crippen molar-refractivity contribution in [3.05, 3.63) is 69.6 Å². The number of esters is 1. The number of hydrogen-bond donors (Lipinski definition) is 0. The Kier molecular flexibility index (Phi) is 3.70. The van der Waals surface area contributed by atoms with Crippen LogP contribution >= 0.6 is 0 Å². The van der Waals surface area contributed by atoms with Gasteiger partial charge in [-0.3, -0.25) is 4.79 Å². The highest BCUT2D eigenvalue weighted by molar-refractivity contribution is 6.03. The minimum absolute atomic E-state index is 0.130. The molecule has 5 heteroatoms. The highest BCUT2D eigenvalue weighted by Crippen LogP contribution is 2.24. The van der Waals surface area contributed by atoms with Gasteiger partial charge in [-0.15, -0.1) is 0 Å². The average molecular weight is 308 g/mol. The Morgan fingerprint density at radius 3 is 2.26 bits per heavy atom. The van der Waals surface area contributed by atoms with Crippen molar-refractivity contribution in [2.24, 2.45) is 7.05 Å². The molecule has 0 amide bonds. The second-order valence-corrected chi connectivity index (χ2v) is 5.43. The molecule has 0 aliphatic carbocycles. The number of aryl methyl sites for hydroxylation is 3. The molecular formula is C18H16N2O3. The van der Waals surface area contributed by atoms with Gasteiger partial charge in [0.25, 0.3) is 5.56 Å². The van der Waals surface area contributed by atoms with Crippen molar-refractivity contribution in [1.82, 2.24) is 9.78 Å². The van der Waals surface area contributed by atoms with Crippen molar-refractivity contribution in [1.29, 1.82) is 0 Å². The smallest absolute Gasteiger partial charge is 0.364 e. The summed E-state index contributed by atoms with van der Waals surface area (Å²) in [5.41, 5.74) is 1.62. The van der Waals surface area contributed by atoms with Crippen LogP contribution in [0.15, 0.2) is 47.3 Å². The van der Waals surface area contributed by atoms with Crippen LogP contribution in [0.3, 0.4) is 0 Å². The van der Waals surface area contributed by atoms with E-state index in [1.165, 1.54) is 7.05 Å². The average Bonchev–Trinajstić information content (AvgIpc) is 2.54. The van der Waals surface area contributed by atoms with E-state index in [2.05, 4.69) is 5.10 Å². The zero-order chi connectivity index (χ0) is 16.6. The molecule has 0 saturated carbocycles. The number of hydrogen-bond acceptors (Lipinski definition) is 4. The fourth-order valence-corrected chi connectivity index (χ4v) is 2.55. The molecule has 0 N–H and O–H groups in total. The van der Waals surface area contributed by atoms with Crippen molar-refractivity contribution in [3.8, 4) is 5.75 Å². The molecule has 0 bridgehead atoms. The van der Waals surface area contributed by atoms with Crippen molar-refractivity contribution in [2.75, 3.05) is 0 Å². The minimum Gasteiger partial charge on any atom is -0.421 e. The first-order valence-electron chi connectivity index (χ1n) is 7.23. The van der Waals surface area contributed by atoms with Crippen LogP contribution in [0.1, 0.15) is 21.6 Å². The van der Waals surface area contributed by atoms with E-state index in [1.807, 2.05) is 32.0 Å².